The highest BCUT2D eigenvalue weighted by atomic mass is 35.5. The third-order valence-corrected chi connectivity index (χ3v) is 4.29. The molecule has 24 heavy (non-hydrogen) atoms. The number of halogens is 2. The summed E-state index contributed by atoms with van der Waals surface area (Å²) in [5.74, 6) is -0.179. The number of rotatable bonds is 3. The van der Waals surface area contributed by atoms with Crippen LogP contribution in [0.15, 0.2) is 59.8 Å². The van der Waals surface area contributed by atoms with Crippen molar-refractivity contribution in [2.75, 3.05) is 0 Å². The normalized spacial score (nSPS) is 17.3. The standard InChI is InChI=1S/C18H14Cl2N2O2/c1-10-15(17(23)11-5-7-13(19)8-6-11)16(22-18(24)21-10)12-3-2-4-14(20)9-12/h2-9,16H,1H3,(H2,21,22,24). The first-order valence-corrected chi connectivity index (χ1v) is 8.05. The number of carbonyl (C=O) groups excluding carboxylic acids is 2. The maximum atomic E-state index is 13.0. The molecule has 0 aromatic heterocycles. The summed E-state index contributed by atoms with van der Waals surface area (Å²) < 4.78 is 0. The van der Waals surface area contributed by atoms with Gasteiger partial charge < -0.3 is 10.6 Å². The summed E-state index contributed by atoms with van der Waals surface area (Å²) >= 11 is 11.9. The van der Waals surface area contributed by atoms with Crippen molar-refractivity contribution in [2.45, 2.75) is 13.0 Å². The van der Waals surface area contributed by atoms with Crippen molar-refractivity contribution in [3.8, 4) is 0 Å². The second-order valence-corrected chi connectivity index (χ2v) is 6.33. The van der Waals surface area contributed by atoms with Crippen LogP contribution >= 0.6 is 23.2 Å². The van der Waals surface area contributed by atoms with Gasteiger partial charge >= 0.3 is 6.03 Å². The molecule has 2 amide bonds. The minimum absolute atomic E-state index is 0.179. The molecule has 6 heteroatoms. The second kappa shape index (κ2) is 6.67. The van der Waals surface area contributed by atoms with Gasteiger partial charge in [0.2, 0.25) is 0 Å². The van der Waals surface area contributed by atoms with Crippen molar-refractivity contribution in [3.05, 3.63) is 81.0 Å². The number of benzene rings is 2. The van der Waals surface area contributed by atoms with Gasteiger partial charge in [0.15, 0.2) is 5.78 Å². The molecule has 0 radical (unpaired) electrons. The third-order valence-electron chi connectivity index (χ3n) is 3.80. The van der Waals surface area contributed by atoms with Crippen LogP contribution in [0, 0.1) is 0 Å². The zero-order valence-corrected chi connectivity index (χ0v) is 14.3. The molecule has 4 nitrogen and oxygen atoms in total. The highest BCUT2D eigenvalue weighted by Gasteiger charge is 2.31. The molecule has 1 atom stereocenters. The Morgan fingerprint density at radius 2 is 1.75 bits per heavy atom. The quantitative estimate of drug-likeness (QED) is 0.791. The summed E-state index contributed by atoms with van der Waals surface area (Å²) in [6.45, 7) is 1.71. The number of nitrogens with one attached hydrogen (secondary N) is 2. The molecule has 1 unspecified atom stereocenters. The van der Waals surface area contributed by atoms with Gasteiger partial charge in [-0.1, -0.05) is 35.3 Å². The molecule has 122 valence electrons. The predicted molar refractivity (Wildman–Crippen MR) is 94.3 cm³/mol. The number of allylic oxidation sites excluding steroid dienone is 1. The van der Waals surface area contributed by atoms with E-state index in [4.69, 9.17) is 23.2 Å². The van der Waals surface area contributed by atoms with E-state index in [-0.39, 0.29) is 11.8 Å². The number of hydrogen-bond donors (Lipinski definition) is 2. The molecule has 1 heterocycles. The minimum atomic E-state index is -0.569. The van der Waals surface area contributed by atoms with Crippen LogP contribution in [-0.2, 0) is 0 Å². The number of ketones is 1. The van der Waals surface area contributed by atoms with Crippen LogP contribution in [0.1, 0.15) is 28.9 Å². The Morgan fingerprint density at radius 1 is 1.04 bits per heavy atom. The summed E-state index contributed by atoms with van der Waals surface area (Å²) in [6, 6.07) is 12.8. The lowest BCUT2D eigenvalue weighted by molar-refractivity contribution is 0.102. The summed E-state index contributed by atoms with van der Waals surface area (Å²) in [7, 11) is 0. The molecule has 0 bridgehead atoms. The molecule has 0 saturated carbocycles. The monoisotopic (exact) mass is 360 g/mol. The van der Waals surface area contributed by atoms with Crippen LogP contribution in [-0.4, -0.2) is 11.8 Å². The van der Waals surface area contributed by atoms with Crippen LogP contribution in [0.4, 0.5) is 4.79 Å². The maximum absolute atomic E-state index is 13.0. The van der Waals surface area contributed by atoms with Gasteiger partial charge in [0, 0.05) is 26.9 Å². The van der Waals surface area contributed by atoms with Crippen LogP contribution in [0.5, 0.6) is 0 Å². The van der Waals surface area contributed by atoms with Crippen LogP contribution in [0.3, 0.4) is 0 Å². The lowest BCUT2D eigenvalue weighted by Gasteiger charge is -2.28. The van der Waals surface area contributed by atoms with Crippen LogP contribution < -0.4 is 10.6 Å². The zero-order chi connectivity index (χ0) is 17.3. The van der Waals surface area contributed by atoms with E-state index in [1.807, 2.05) is 6.07 Å². The SMILES string of the molecule is CC1=C(C(=O)c2ccc(Cl)cc2)C(c2cccc(Cl)c2)NC(=O)N1. The Bertz CT molecular complexity index is 844. The van der Waals surface area contributed by atoms with Crippen molar-refractivity contribution in [3.63, 3.8) is 0 Å². The number of hydrogen-bond acceptors (Lipinski definition) is 2. The van der Waals surface area contributed by atoms with E-state index < -0.39 is 6.04 Å². The molecule has 0 aliphatic carbocycles. The van der Waals surface area contributed by atoms with Gasteiger partial charge in [-0.05, 0) is 48.9 Å². The molecule has 3 rings (SSSR count). The number of carbonyl (C=O) groups is 2. The van der Waals surface area contributed by atoms with Crippen molar-refractivity contribution in [2.24, 2.45) is 0 Å². The Morgan fingerprint density at radius 3 is 2.42 bits per heavy atom. The third kappa shape index (κ3) is 3.30. The van der Waals surface area contributed by atoms with Crippen molar-refractivity contribution in [1.29, 1.82) is 0 Å². The number of amides is 2. The molecular weight excluding hydrogens is 347 g/mol. The van der Waals surface area contributed by atoms with Gasteiger partial charge in [0.1, 0.15) is 0 Å². The highest BCUT2D eigenvalue weighted by Crippen LogP contribution is 2.30. The average molecular weight is 361 g/mol. The van der Waals surface area contributed by atoms with E-state index in [1.165, 1.54) is 0 Å². The largest absolute Gasteiger partial charge is 0.327 e. The van der Waals surface area contributed by atoms with E-state index in [2.05, 4.69) is 10.6 Å². The van der Waals surface area contributed by atoms with Gasteiger partial charge in [-0.25, -0.2) is 4.79 Å². The van der Waals surface area contributed by atoms with Crippen LogP contribution in [0.2, 0.25) is 10.0 Å². The maximum Gasteiger partial charge on any atom is 0.319 e. The molecule has 1 aliphatic heterocycles. The Hall–Kier alpha value is -2.30. The van der Waals surface area contributed by atoms with Crippen LogP contribution in [0.25, 0.3) is 0 Å². The van der Waals surface area contributed by atoms with Crippen molar-refractivity contribution in [1.82, 2.24) is 10.6 Å². The summed E-state index contributed by atoms with van der Waals surface area (Å²) in [4.78, 5) is 24.8. The van der Waals surface area contributed by atoms with Gasteiger partial charge in [-0.2, -0.15) is 0 Å². The fraction of sp³-hybridized carbons (Fsp3) is 0.111. The fourth-order valence-electron chi connectivity index (χ4n) is 2.69. The molecule has 1 aliphatic rings. The molecule has 0 spiro atoms. The van der Waals surface area contributed by atoms with E-state index in [0.29, 0.717) is 26.9 Å². The number of urea groups is 1. The first kappa shape index (κ1) is 16.6. The van der Waals surface area contributed by atoms with Crippen molar-refractivity contribution < 1.29 is 9.59 Å². The fourth-order valence-corrected chi connectivity index (χ4v) is 3.01. The lowest BCUT2D eigenvalue weighted by Crippen LogP contribution is -2.45. The molecular formula is C18H14Cl2N2O2. The Kier molecular flexibility index (Phi) is 4.60. The first-order chi connectivity index (χ1) is 11.5. The van der Waals surface area contributed by atoms with E-state index in [9.17, 15) is 9.59 Å². The summed E-state index contributed by atoms with van der Waals surface area (Å²) in [5, 5.41) is 6.54. The van der Waals surface area contributed by atoms with Gasteiger partial charge in [0.05, 0.1) is 6.04 Å². The smallest absolute Gasteiger partial charge is 0.319 e. The zero-order valence-electron chi connectivity index (χ0n) is 12.8. The molecule has 0 saturated heterocycles. The highest BCUT2D eigenvalue weighted by molar-refractivity contribution is 6.31. The summed E-state index contributed by atoms with van der Waals surface area (Å²) in [6.07, 6.45) is 0. The lowest BCUT2D eigenvalue weighted by atomic mass is 9.89. The molecule has 2 aromatic carbocycles. The Labute approximate surface area is 149 Å². The molecule has 2 aromatic rings. The van der Waals surface area contributed by atoms with Gasteiger partial charge in [-0.3, -0.25) is 4.79 Å². The summed E-state index contributed by atoms with van der Waals surface area (Å²) in [5.41, 5.74) is 2.23. The van der Waals surface area contributed by atoms with Gasteiger partial charge in [-0.15, -0.1) is 0 Å². The predicted octanol–water partition coefficient (Wildman–Crippen LogP) is 4.50. The topological polar surface area (TPSA) is 58.2 Å². The molecule has 0 fully saturated rings. The van der Waals surface area contributed by atoms with Crippen molar-refractivity contribution >= 4 is 35.0 Å². The Balaban J connectivity index is 2.06. The minimum Gasteiger partial charge on any atom is -0.327 e. The van der Waals surface area contributed by atoms with Gasteiger partial charge in [0.25, 0.3) is 0 Å². The molecule has 2 N–H and O–H groups in total. The second-order valence-electron chi connectivity index (χ2n) is 5.46. The number of Topliss-reactive ketones (excluding diaryl/α,β-unsaturated/α-hetero) is 1. The first-order valence-electron chi connectivity index (χ1n) is 7.29. The van der Waals surface area contributed by atoms with E-state index in [0.717, 1.165) is 5.56 Å². The van der Waals surface area contributed by atoms with E-state index >= 15 is 0 Å². The van der Waals surface area contributed by atoms with E-state index in [1.54, 1.807) is 49.4 Å². The average Bonchev–Trinajstić information content (AvgIpc) is 2.54.